The minimum atomic E-state index is -0.178. The van der Waals surface area contributed by atoms with Gasteiger partial charge >= 0.3 is 5.97 Å². The summed E-state index contributed by atoms with van der Waals surface area (Å²) in [6.07, 6.45) is 4.22. The number of fused-ring (bicyclic) bond motifs is 1. The molecule has 1 saturated heterocycles. The molecule has 1 aromatic carbocycles. The van der Waals surface area contributed by atoms with Crippen molar-refractivity contribution in [3.63, 3.8) is 0 Å². The van der Waals surface area contributed by atoms with Gasteiger partial charge in [0, 0.05) is 16.9 Å². The second-order valence-corrected chi connectivity index (χ2v) is 7.30. The van der Waals surface area contributed by atoms with Gasteiger partial charge in [-0.25, -0.2) is 0 Å². The van der Waals surface area contributed by atoms with Crippen LogP contribution in [0.3, 0.4) is 0 Å². The maximum Gasteiger partial charge on any atom is 0.308 e. The van der Waals surface area contributed by atoms with Crippen LogP contribution in [0.5, 0.6) is 5.75 Å². The summed E-state index contributed by atoms with van der Waals surface area (Å²) in [5, 5.41) is 3.35. The van der Waals surface area contributed by atoms with Crippen LogP contribution in [0, 0.1) is 5.92 Å². The molecule has 1 aromatic rings. The normalized spacial score (nSPS) is 28.0. The molecule has 3 unspecified atom stereocenters. The SMILES string of the molecule is COC(=O)C1CCC2S/C(=C/c3ccccc3OC)C(=O)NC2C1. The van der Waals surface area contributed by atoms with Crippen molar-refractivity contribution >= 4 is 29.7 Å². The van der Waals surface area contributed by atoms with E-state index in [2.05, 4.69) is 5.32 Å². The molecule has 1 saturated carbocycles. The van der Waals surface area contributed by atoms with Crippen molar-refractivity contribution in [3.05, 3.63) is 34.7 Å². The molecule has 1 aliphatic carbocycles. The number of carbonyl (C=O) groups is 2. The number of hydrogen-bond acceptors (Lipinski definition) is 5. The Morgan fingerprint density at radius 3 is 2.83 bits per heavy atom. The van der Waals surface area contributed by atoms with E-state index in [1.54, 1.807) is 18.9 Å². The standard InChI is InChI=1S/C18H21NO4S/c1-22-14-6-4-3-5-11(14)10-16-17(20)19-13-9-12(18(21)23-2)7-8-15(13)24-16/h3-6,10,12-13,15H,7-9H2,1-2H3,(H,19,20)/b16-10+. The molecule has 24 heavy (non-hydrogen) atoms. The van der Waals surface area contributed by atoms with Gasteiger partial charge in [-0.1, -0.05) is 18.2 Å². The molecule has 3 atom stereocenters. The lowest BCUT2D eigenvalue weighted by Gasteiger charge is -2.38. The lowest BCUT2D eigenvalue weighted by molar-refractivity contribution is -0.147. The Morgan fingerprint density at radius 1 is 1.29 bits per heavy atom. The van der Waals surface area contributed by atoms with Gasteiger partial charge in [0.1, 0.15) is 5.75 Å². The number of para-hydroxylation sites is 1. The van der Waals surface area contributed by atoms with Crippen LogP contribution in [-0.2, 0) is 14.3 Å². The molecular formula is C18H21NO4S. The number of nitrogens with one attached hydrogen (secondary N) is 1. The molecule has 1 aliphatic heterocycles. The summed E-state index contributed by atoms with van der Waals surface area (Å²) in [6.45, 7) is 0. The van der Waals surface area contributed by atoms with Gasteiger partial charge in [0.15, 0.2) is 0 Å². The molecule has 2 aliphatic rings. The van der Waals surface area contributed by atoms with Crippen LogP contribution in [0.1, 0.15) is 24.8 Å². The van der Waals surface area contributed by atoms with Crippen LogP contribution in [0.4, 0.5) is 0 Å². The topological polar surface area (TPSA) is 64.6 Å². The average Bonchev–Trinajstić information content (AvgIpc) is 2.61. The first kappa shape index (κ1) is 16.9. The van der Waals surface area contributed by atoms with E-state index in [1.807, 2.05) is 30.3 Å². The predicted molar refractivity (Wildman–Crippen MR) is 93.6 cm³/mol. The average molecular weight is 347 g/mol. The van der Waals surface area contributed by atoms with Crippen molar-refractivity contribution < 1.29 is 19.1 Å². The number of benzene rings is 1. The first-order valence-electron chi connectivity index (χ1n) is 8.02. The first-order valence-corrected chi connectivity index (χ1v) is 8.90. The van der Waals surface area contributed by atoms with Gasteiger partial charge in [0.2, 0.25) is 0 Å². The van der Waals surface area contributed by atoms with E-state index in [0.29, 0.717) is 16.6 Å². The molecule has 0 bridgehead atoms. The maximum absolute atomic E-state index is 12.4. The van der Waals surface area contributed by atoms with Crippen molar-refractivity contribution in [2.24, 2.45) is 5.92 Å². The molecule has 0 radical (unpaired) electrons. The number of carbonyl (C=O) groups excluding carboxylic acids is 2. The monoisotopic (exact) mass is 347 g/mol. The van der Waals surface area contributed by atoms with Gasteiger partial charge in [-0.2, -0.15) is 0 Å². The fraction of sp³-hybridized carbons (Fsp3) is 0.444. The lowest BCUT2D eigenvalue weighted by atomic mass is 9.85. The second-order valence-electron chi connectivity index (χ2n) is 6.02. The Morgan fingerprint density at radius 2 is 2.08 bits per heavy atom. The fourth-order valence-electron chi connectivity index (χ4n) is 3.30. The zero-order chi connectivity index (χ0) is 17.1. The largest absolute Gasteiger partial charge is 0.496 e. The van der Waals surface area contributed by atoms with E-state index >= 15 is 0 Å². The molecule has 1 amide bonds. The molecule has 1 heterocycles. The van der Waals surface area contributed by atoms with Crippen molar-refractivity contribution in [2.45, 2.75) is 30.6 Å². The minimum absolute atomic E-state index is 0.0233. The minimum Gasteiger partial charge on any atom is -0.496 e. The summed E-state index contributed by atoms with van der Waals surface area (Å²) in [5.74, 6) is 0.368. The number of methoxy groups -OCH3 is 2. The Labute approximate surface area is 145 Å². The Hall–Kier alpha value is -1.95. The number of amides is 1. The number of rotatable bonds is 3. The van der Waals surface area contributed by atoms with Crippen molar-refractivity contribution in [1.29, 1.82) is 0 Å². The highest BCUT2D eigenvalue weighted by Gasteiger charge is 2.39. The van der Waals surface area contributed by atoms with Gasteiger partial charge in [0.25, 0.3) is 5.91 Å². The maximum atomic E-state index is 12.4. The smallest absolute Gasteiger partial charge is 0.308 e. The van der Waals surface area contributed by atoms with Crippen LogP contribution >= 0.6 is 11.8 Å². The number of thioether (sulfide) groups is 1. The molecule has 6 heteroatoms. The summed E-state index contributed by atoms with van der Waals surface area (Å²) in [7, 11) is 3.03. The third-order valence-corrected chi connectivity index (χ3v) is 5.99. The molecule has 3 rings (SSSR count). The Bertz CT molecular complexity index is 673. The number of ether oxygens (including phenoxy) is 2. The predicted octanol–water partition coefficient (Wildman–Crippen LogP) is 2.61. The summed E-state index contributed by atoms with van der Waals surface area (Å²) < 4.78 is 10.2. The van der Waals surface area contributed by atoms with Gasteiger partial charge < -0.3 is 14.8 Å². The summed E-state index contributed by atoms with van der Waals surface area (Å²) in [6, 6.07) is 7.65. The number of esters is 1. The molecule has 128 valence electrons. The van der Waals surface area contributed by atoms with E-state index in [0.717, 1.165) is 24.2 Å². The third kappa shape index (κ3) is 3.43. The van der Waals surface area contributed by atoms with Crippen molar-refractivity contribution in [2.75, 3.05) is 14.2 Å². The Balaban J connectivity index is 1.75. The van der Waals surface area contributed by atoms with E-state index < -0.39 is 0 Å². The summed E-state index contributed by atoms with van der Waals surface area (Å²) in [5.41, 5.74) is 0.888. The van der Waals surface area contributed by atoms with Gasteiger partial charge in [-0.15, -0.1) is 11.8 Å². The Kier molecular flexibility index (Phi) is 5.14. The zero-order valence-corrected chi connectivity index (χ0v) is 14.6. The highest BCUT2D eigenvalue weighted by molar-refractivity contribution is 8.04. The van der Waals surface area contributed by atoms with Crippen LogP contribution in [0.25, 0.3) is 6.08 Å². The van der Waals surface area contributed by atoms with Crippen molar-refractivity contribution in [1.82, 2.24) is 5.32 Å². The lowest BCUT2D eigenvalue weighted by Crippen LogP contribution is -2.50. The molecule has 0 aromatic heterocycles. The highest BCUT2D eigenvalue weighted by atomic mass is 32.2. The van der Waals surface area contributed by atoms with Crippen LogP contribution in [0.15, 0.2) is 29.2 Å². The van der Waals surface area contributed by atoms with Crippen LogP contribution in [0.2, 0.25) is 0 Å². The summed E-state index contributed by atoms with van der Waals surface area (Å²) >= 11 is 1.60. The van der Waals surface area contributed by atoms with E-state index in [-0.39, 0.29) is 23.8 Å². The van der Waals surface area contributed by atoms with E-state index in [9.17, 15) is 9.59 Å². The van der Waals surface area contributed by atoms with Crippen molar-refractivity contribution in [3.8, 4) is 5.75 Å². The van der Waals surface area contributed by atoms with E-state index in [4.69, 9.17) is 9.47 Å². The highest BCUT2D eigenvalue weighted by Crippen LogP contribution is 2.40. The molecule has 0 spiro atoms. The van der Waals surface area contributed by atoms with Gasteiger partial charge in [0.05, 0.1) is 25.0 Å². The van der Waals surface area contributed by atoms with Crippen LogP contribution < -0.4 is 10.1 Å². The summed E-state index contributed by atoms with van der Waals surface area (Å²) in [4.78, 5) is 24.9. The zero-order valence-electron chi connectivity index (χ0n) is 13.8. The molecule has 2 fully saturated rings. The second kappa shape index (κ2) is 7.30. The van der Waals surface area contributed by atoms with E-state index in [1.165, 1.54) is 7.11 Å². The quantitative estimate of drug-likeness (QED) is 0.673. The molecule has 1 N–H and O–H groups in total. The molecular weight excluding hydrogens is 326 g/mol. The van der Waals surface area contributed by atoms with Gasteiger partial charge in [-0.05, 0) is 31.4 Å². The third-order valence-electron chi connectivity index (χ3n) is 4.57. The fourth-order valence-corrected chi connectivity index (χ4v) is 4.58. The molecule has 5 nitrogen and oxygen atoms in total. The van der Waals surface area contributed by atoms with Gasteiger partial charge in [-0.3, -0.25) is 9.59 Å². The first-order chi connectivity index (χ1) is 11.6. The van der Waals surface area contributed by atoms with Crippen LogP contribution in [-0.4, -0.2) is 37.4 Å². The number of hydrogen-bond donors (Lipinski definition) is 1.